The Morgan fingerprint density at radius 3 is 1.92 bits per heavy atom. The Balaban J connectivity index is 2.01. The molecule has 0 unspecified atom stereocenters. The predicted octanol–water partition coefficient (Wildman–Crippen LogP) is 4.84. The molecule has 0 fully saturated rings. The van der Waals surface area contributed by atoms with Crippen molar-refractivity contribution in [2.24, 2.45) is 0 Å². The van der Waals surface area contributed by atoms with Gasteiger partial charge in [0.1, 0.15) is 35.8 Å². The van der Waals surface area contributed by atoms with Crippen LogP contribution in [0.15, 0.2) is 79.9 Å². The van der Waals surface area contributed by atoms with E-state index in [1.165, 1.54) is 18.2 Å². The van der Waals surface area contributed by atoms with E-state index < -0.39 is 41.8 Å². The summed E-state index contributed by atoms with van der Waals surface area (Å²) in [6.07, 6.45) is 1.48. The molecule has 2 amide bonds. The number of ether oxygens (including phenoxy) is 4. The first kappa shape index (κ1) is 30.6. The Morgan fingerprint density at radius 2 is 1.33 bits per heavy atom. The largest absolute Gasteiger partial charge is 0.445 e. The first-order chi connectivity index (χ1) is 18.5. The Labute approximate surface area is 228 Å². The molecule has 0 saturated carbocycles. The van der Waals surface area contributed by atoms with Crippen molar-refractivity contribution in [1.82, 2.24) is 10.6 Å². The number of rotatable bonds is 12. The normalized spacial score (nSPS) is 12.2. The van der Waals surface area contributed by atoms with Gasteiger partial charge in [0.05, 0.1) is 0 Å². The molecule has 0 aliphatic rings. The number of amides is 2. The van der Waals surface area contributed by atoms with Crippen LogP contribution < -0.4 is 20.1 Å². The third kappa shape index (κ3) is 11.1. The smallest absolute Gasteiger partial charge is 0.408 e. The van der Waals surface area contributed by atoms with E-state index in [1.54, 1.807) is 69.3 Å². The molecule has 10 nitrogen and oxygen atoms in total. The summed E-state index contributed by atoms with van der Waals surface area (Å²) in [5.41, 5.74) is -0.372. The average Bonchev–Trinajstić information content (AvgIpc) is 2.87. The number of esters is 2. The van der Waals surface area contributed by atoms with Crippen LogP contribution in [-0.2, 0) is 25.7 Å². The fourth-order valence-electron chi connectivity index (χ4n) is 3.12. The SMILES string of the molecule is C=CC[C@H](NC(=O)OCc1ccccc1OC(=O)[C@H](CC=C)NC(=O)OC(C)(C)C)C(=O)Oc1ccccc1. The highest BCUT2D eigenvalue weighted by molar-refractivity contribution is 5.84. The van der Waals surface area contributed by atoms with Crippen molar-refractivity contribution >= 4 is 24.1 Å². The van der Waals surface area contributed by atoms with Crippen molar-refractivity contribution in [1.29, 1.82) is 0 Å². The second-order valence-electron chi connectivity index (χ2n) is 9.28. The molecule has 0 spiro atoms. The Morgan fingerprint density at radius 1 is 0.795 bits per heavy atom. The van der Waals surface area contributed by atoms with Gasteiger partial charge in [0.2, 0.25) is 0 Å². The maximum atomic E-state index is 12.8. The van der Waals surface area contributed by atoms with Gasteiger partial charge < -0.3 is 29.6 Å². The molecule has 208 valence electrons. The second-order valence-corrected chi connectivity index (χ2v) is 9.28. The van der Waals surface area contributed by atoms with Crippen molar-refractivity contribution < 1.29 is 38.1 Å². The van der Waals surface area contributed by atoms with Crippen molar-refractivity contribution in [2.45, 2.75) is 57.9 Å². The minimum atomic E-state index is -1.05. The van der Waals surface area contributed by atoms with Crippen molar-refractivity contribution in [2.75, 3.05) is 0 Å². The summed E-state index contributed by atoms with van der Waals surface area (Å²) in [6, 6.07) is 12.8. The number of hydrogen-bond donors (Lipinski definition) is 2. The van der Waals surface area contributed by atoms with Crippen LogP contribution >= 0.6 is 0 Å². The fraction of sp³-hybridized carbons (Fsp3) is 0.310. The Hall–Kier alpha value is -4.60. The monoisotopic (exact) mass is 538 g/mol. The number of para-hydroxylation sites is 2. The van der Waals surface area contributed by atoms with Crippen LogP contribution in [0.4, 0.5) is 9.59 Å². The summed E-state index contributed by atoms with van der Waals surface area (Å²) in [6.45, 7) is 12.0. The van der Waals surface area contributed by atoms with Gasteiger partial charge in [-0.1, -0.05) is 48.6 Å². The summed E-state index contributed by atoms with van der Waals surface area (Å²) >= 11 is 0. The molecule has 2 atom stereocenters. The van der Waals surface area contributed by atoms with Gasteiger partial charge in [0.25, 0.3) is 0 Å². The van der Waals surface area contributed by atoms with Gasteiger partial charge in [-0.25, -0.2) is 19.2 Å². The molecular weight excluding hydrogens is 504 g/mol. The maximum absolute atomic E-state index is 12.8. The van der Waals surface area contributed by atoms with E-state index in [1.807, 2.05) is 0 Å². The summed E-state index contributed by atoms with van der Waals surface area (Å²) in [5, 5.41) is 4.93. The zero-order valence-electron chi connectivity index (χ0n) is 22.3. The lowest BCUT2D eigenvalue weighted by Crippen LogP contribution is -2.45. The summed E-state index contributed by atoms with van der Waals surface area (Å²) < 4.78 is 21.3. The van der Waals surface area contributed by atoms with Gasteiger partial charge in [-0.15, -0.1) is 13.2 Å². The molecule has 0 heterocycles. The first-order valence-electron chi connectivity index (χ1n) is 12.2. The van der Waals surface area contributed by atoms with Crippen LogP contribution in [-0.4, -0.2) is 41.8 Å². The summed E-state index contributed by atoms with van der Waals surface area (Å²) in [7, 11) is 0. The maximum Gasteiger partial charge on any atom is 0.408 e. The number of carbonyl (C=O) groups excluding carboxylic acids is 4. The number of hydrogen-bond acceptors (Lipinski definition) is 8. The Bertz CT molecular complexity index is 1160. The first-order valence-corrected chi connectivity index (χ1v) is 12.2. The highest BCUT2D eigenvalue weighted by Crippen LogP contribution is 2.20. The van der Waals surface area contributed by atoms with Gasteiger partial charge in [-0.05, 0) is 51.8 Å². The van der Waals surface area contributed by atoms with Crippen LogP contribution in [0.2, 0.25) is 0 Å². The van der Waals surface area contributed by atoms with Crippen LogP contribution in [0, 0.1) is 0 Å². The van der Waals surface area contributed by atoms with Gasteiger partial charge in [0, 0.05) is 5.56 Å². The molecule has 0 aliphatic heterocycles. The molecule has 2 rings (SSSR count). The van der Waals surface area contributed by atoms with E-state index in [-0.39, 0.29) is 25.2 Å². The molecular formula is C29H34N2O8. The second kappa shape index (κ2) is 15.0. The third-order valence-corrected chi connectivity index (χ3v) is 4.86. The van der Waals surface area contributed by atoms with E-state index in [0.29, 0.717) is 11.3 Å². The lowest BCUT2D eigenvalue weighted by molar-refractivity contribution is -0.137. The number of carbonyl (C=O) groups is 4. The van der Waals surface area contributed by atoms with E-state index in [4.69, 9.17) is 18.9 Å². The molecule has 0 bridgehead atoms. The number of nitrogens with one attached hydrogen (secondary N) is 2. The number of benzene rings is 2. The average molecular weight is 539 g/mol. The molecule has 2 aromatic rings. The van der Waals surface area contributed by atoms with Crippen molar-refractivity contribution in [3.05, 3.63) is 85.5 Å². The molecule has 0 aliphatic carbocycles. The van der Waals surface area contributed by atoms with Crippen LogP contribution in [0.1, 0.15) is 39.2 Å². The highest BCUT2D eigenvalue weighted by atomic mass is 16.6. The van der Waals surface area contributed by atoms with Gasteiger partial charge >= 0.3 is 24.1 Å². The molecule has 2 N–H and O–H groups in total. The molecule has 0 radical (unpaired) electrons. The summed E-state index contributed by atoms with van der Waals surface area (Å²) in [4.78, 5) is 49.9. The zero-order chi connectivity index (χ0) is 28.8. The van der Waals surface area contributed by atoms with Gasteiger partial charge in [-0.2, -0.15) is 0 Å². The van der Waals surface area contributed by atoms with E-state index in [9.17, 15) is 19.2 Å². The predicted molar refractivity (Wildman–Crippen MR) is 144 cm³/mol. The number of alkyl carbamates (subject to hydrolysis) is 2. The molecule has 0 aromatic heterocycles. The van der Waals surface area contributed by atoms with Crippen LogP contribution in [0.25, 0.3) is 0 Å². The molecule has 2 aromatic carbocycles. The summed E-state index contributed by atoms with van der Waals surface area (Å²) in [5.74, 6) is -0.981. The quantitative estimate of drug-likeness (QED) is 0.223. The van der Waals surface area contributed by atoms with Crippen molar-refractivity contribution in [3.8, 4) is 11.5 Å². The minimum Gasteiger partial charge on any atom is -0.445 e. The minimum absolute atomic E-state index is 0.100. The third-order valence-electron chi connectivity index (χ3n) is 4.86. The van der Waals surface area contributed by atoms with E-state index in [2.05, 4.69) is 23.8 Å². The van der Waals surface area contributed by atoms with Gasteiger partial charge in [-0.3, -0.25) is 0 Å². The fourth-order valence-corrected chi connectivity index (χ4v) is 3.12. The lowest BCUT2D eigenvalue weighted by atomic mass is 10.2. The lowest BCUT2D eigenvalue weighted by Gasteiger charge is -2.22. The topological polar surface area (TPSA) is 129 Å². The van der Waals surface area contributed by atoms with Gasteiger partial charge in [0.15, 0.2) is 0 Å². The molecule has 0 saturated heterocycles. The highest BCUT2D eigenvalue weighted by Gasteiger charge is 2.26. The molecule has 10 heteroatoms. The molecule has 39 heavy (non-hydrogen) atoms. The Kier molecular flexibility index (Phi) is 11.8. The van der Waals surface area contributed by atoms with E-state index in [0.717, 1.165) is 0 Å². The van der Waals surface area contributed by atoms with Crippen LogP contribution in [0.5, 0.6) is 11.5 Å². The standard InChI is InChI=1S/C29H34N2O8/c1-6-13-22(25(32)37-21-16-9-8-10-17-21)30-27(34)36-19-20-15-11-12-18-24(20)38-26(33)23(14-7-2)31-28(35)39-29(3,4)5/h6-12,15-18,22-23H,1-2,13-14,19H2,3-5H3,(H,30,34)(H,31,35)/t22-,23-/m0/s1. The van der Waals surface area contributed by atoms with Crippen LogP contribution in [0.3, 0.4) is 0 Å². The van der Waals surface area contributed by atoms with Crippen molar-refractivity contribution in [3.63, 3.8) is 0 Å². The van der Waals surface area contributed by atoms with E-state index >= 15 is 0 Å². The zero-order valence-corrected chi connectivity index (χ0v) is 22.3.